The number of ether oxygens (including phenoxy) is 1. The molecule has 10 heteroatoms. The van der Waals surface area contributed by atoms with Crippen LogP contribution in [-0.4, -0.2) is 35.7 Å². The first-order valence-electron chi connectivity index (χ1n) is 10.3. The van der Waals surface area contributed by atoms with Gasteiger partial charge in [-0.05, 0) is 43.9 Å². The number of hydrogen-bond acceptors (Lipinski definition) is 5. The van der Waals surface area contributed by atoms with E-state index in [2.05, 4.69) is 10.6 Å². The number of carbonyl (C=O) groups is 3. The number of carbonyl (C=O) groups excluding carboxylic acids is 3. The van der Waals surface area contributed by atoms with Crippen molar-refractivity contribution in [2.75, 3.05) is 11.9 Å². The summed E-state index contributed by atoms with van der Waals surface area (Å²) in [7, 11) is 0. The van der Waals surface area contributed by atoms with Crippen molar-refractivity contribution >= 4 is 35.2 Å². The van der Waals surface area contributed by atoms with Crippen molar-refractivity contribution in [3.05, 3.63) is 23.8 Å². The van der Waals surface area contributed by atoms with E-state index in [-0.39, 0.29) is 18.0 Å². The van der Waals surface area contributed by atoms with Crippen LogP contribution in [0.15, 0.2) is 23.1 Å². The number of anilines is 1. The summed E-state index contributed by atoms with van der Waals surface area (Å²) in [5.74, 6) is -1.24. The molecule has 0 spiro atoms. The van der Waals surface area contributed by atoms with E-state index in [0.29, 0.717) is 17.4 Å². The average Bonchev–Trinajstić information content (AvgIpc) is 2.72. The maximum Gasteiger partial charge on any atom is 0.416 e. The normalized spacial score (nSPS) is 20.4. The molecular formula is C21H25F3N2O4S. The van der Waals surface area contributed by atoms with Gasteiger partial charge in [0, 0.05) is 11.4 Å². The van der Waals surface area contributed by atoms with Gasteiger partial charge in [0.25, 0.3) is 5.91 Å². The van der Waals surface area contributed by atoms with Gasteiger partial charge in [0.05, 0.1) is 22.9 Å². The molecule has 1 aromatic carbocycles. The monoisotopic (exact) mass is 458 g/mol. The van der Waals surface area contributed by atoms with E-state index in [9.17, 15) is 27.6 Å². The summed E-state index contributed by atoms with van der Waals surface area (Å²) in [6.07, 6.45) is -0.105. The molecule has 31 heavy (non-hydrogen) atoms. The van der Waals surface area contributed by atoms with Crippen molar-refractivity contribution in [3.63, 3.8) is 0 Å². The molecule has 2 aliphatic rings. The Morgan fingerprint density at radius 3 is 2.65 bits per heavy atom. The maximum atomic E-state index is 12.8. The lowest BCUT2D eigenvalue weighted by Crippen LogP contribution is -2.39. The average molecular weight is 459 g/mol. The van der Waals surface area contributed by atoms with E-state index >= 15 is 0 Å². The molecule has 1 aliphatic heterocycles. The van der Waals surface area contributed by atoms with Gasteiger partial charge in [-0.2, -0.15) is 13.2 Å². The Morgan fingerprint density at radius 1 is 1.26 bits per heavy atom. The number of rotatable bonds is 6. The molecule has 1 aliphatic carbocycles. The van der Waals surface area contributed by atoms with Crippen LogP contribution in [0.4, 0.5) is 18.9 Å². The number of halogens is 3. The summed E-state index contributed by atoms with van der Waals surface area (Å²) in [6, 6.07) is 3.06. The van der Waals surface area contributed by atoms with E-state index in [4.69, 9.17) is 4.74 Å². The van der Waals surface area contributed by atoms with Gasteiger partial charge in [-0.3, -0.25) is 14.4 Å². The maximum absolute atomic E-state index is 12.8. The number of benzene rings is 1. The van der Waals surface area contributed by atoms with Gasteiger partial charge in [0.1, 0.15) is 0 Å². The van der Waals surface area contributed by atoms with Crippen LogP contribution < -0.4 is 10.6 Å². The molecule has 1 fully saturated rings. The van der Waals surface area contributed by atoms with Crippen LogP contribution in [0.3, 0.4) is 0 Å². The number of thioether (sulfide) groups is 1. The summed E-state index contributed by atoms with van der Waals surface area (Å²) in [6.45, 7) is 2.02. The molecule has 1 saturated carbocycles. The van der Waals surface area contributed by atoms with E-state index in [0.717, 1.165) is 49.6 Å². The smallest absolute Gasteiger partial charge is 0.416 e. The lowest BCUT2D eigenvalue weighted by Gasteiger charge is -2.25. The first-order valence-corrected chi connectivity index (χ1v) is 11.2. The molecule has 1 aromatic rings. The highest BCUT2D eigenvalue weighted by Crippen LogP contribution is 2.40. The van der Waals surface area contributed by atoms with Crippen molar-refractivity contribution in [2.24, 2.45) is 5.92 Å². The Balaban J connectivity index is 1.49. The molecular weight excluding hydrogens is 433 g/mol. The molecule has 0 saturated heterocycles. The lowest BCUT2D eigenvalue weighted by molar-refractivity contribution is -0.155. The summed E-state index contributed by atoms with van der Waals surface area (Å²) < 4.78 is 43.7. The molecule has 2 unspecified atom stereocenters. The van der Waals surface area contributed by atoms with Crippen LogP contribution in [0, 0.1) is 5.92 Å². The van der Waals surface area contributed by atoms with Crippen molar-refractivity contribution < 1.29 is 32.3 Å². The number of amides is 2. The Kier molecular flexibility index (Phi) is 7.51. The molecule has 3 rings (SSSR count). The minimum atomic E-state index is -4.52. The van der Waals surface area contributed by atoms with Crippen LogP contribution >= 0.6 is 11.8 Å². The second-order valence-electron chi connectivity index (χ2n) is 7.89. The van der Waals surface area contributed by atoms with Crippen LogP contribution in [0.1, 0.15) is 51.0 Å². The van der Waals surface area contributed by atoms with Gasteiger partial charge < -0.3 is 15.4 Å². The van der Waals surface area contributed by atoms with Gasteiger partial charge in [-0.25, -0.2) is 0 Å². The molecule has 2 amide bonds. The third-order valence-corrected chi connectivity index (χ3v) is 6.72. The van der Waals surface area contributed by atoms with E-state index in [1.807, 2.05) is 0 Å². The summed E-state index contributed by atoms with van der Waals surface area (Å²) >= 11 is 0.997. The Morgan fingerprint density at radius 2 is 1.97 bits per heavy atom. The van der Waals surface area contributed by atoms with Crippen LogP contribution in [0.5, 0.6) is 0 Å². The minimum Gasteiger partial charge on any atom is -0.453 e. The van der Waals surface area contributed by atoms with E-state index in [1.165, 1.54) is 19.4 Å². The summed E-state index contributed by atoms with van der Waals surface area (Å²) in [5.41, 5.74) is -0.803. The second-order valence-corrected chi connectivity index (χ2v) is 9.13. The minimum absolute atomic E-state index is 0.0601. The van der Waals surface area contributed by atoms with Gasteiger partial charge in [-0.1, -0.05) is 19.3 Å². The van der Waals surface area contributed by atoms with Gasteiger partial charge in [-0.15, -0.1) is 11.8 Å². The predicted octanol–water partition coefficient (Wildman–Crippen LogP) is 4.14. The zero-order valence-electron chi connectivity index (χ0n) is 17.1. The SMILES string of the molecule is CC(OC(=O)CC1Sc2ccc(C(F)(F)F)cc2NC1=O)C(=O)NCC1CCCCC1. The molecule has 6 nitrogen and oxygen atoms in total. The highest BCUT2D eigenvalue weighted by molar-refractivity contribution is 8.01. The first-order chi connectivity index (χ1) is 14.6. The lowest BCUT2D eigenvalue weighted by atomic mass is 9.89. The Hall–Kier alpha value is -2.23. The Labute approximate surface area is 182 Å². The fourth-order valence-corrected chi connectivity index (χ4v) is 4.77. The predicted molar refractivity (Wildman–Crippen MR) is 109 cm³/mol. The van der Waals surface area contributed by atoms with Gasteiger partial charge in [0.2, 0.25) is 5.91 Å². The number of fused-ring (bicyclic) bond motifs is 1. The standard InChI is InChI=1S/C21H25F3N2O4S/c1-12(19(28)25-11-13-5-3-2-4-6-13)30-18(27)10-17-20(29)26-15-9-14(21(22,23)24)7-8-16(15)31-17/h7-9,12-13,17H,2-6,10-11H2,1H3,(H,25,28)(H,26,29). The molecule has 1 heterocycles. The molecule has 0 bridgehead atoms. The summed E-state index contributed by atoms with van der Waals surface area (Å²) in [4.78, 5) is 37.1. The van der Waals surface area contributed by atoms with Gasteiger partial charge in [0.15, 0.2) is 6.10 Å². The van der Waals surface area contributed by atoms with Crippen molar-refractivity contribution in [1.82, 2.24) is 5.32 Å². The fourth-order valence-electron chi connectivity index (χ4n) is 3.69. The van der Waals surface area contributed by atoms with Crippen molar-refractivity contribution in [3.8, 4) is 0 Å². The van der Waals surface area contributed by atoms with Crippen molar-refractivity contribution in [2.45, 2.75) is 67.9 Å². The Bertz CT molecular complexity index is 840. The number of nitrogens with one attached hydrogen (secondary N) is 2. The molecule has 2 atom stereocenters. The topological polar surface area (TPSA) is 84.5 Å². The second kappa shape index (κ2) is 9.93. The number of esters is 1. The quantitative estimate of drug-likeness (QED) is 0.626. The fraction of sp³-hybridized carbons (Fsp3) is 0.571. The highest BCUT2D eigenvalue weighted by Gasteiger charge is 2.35. The third kappa shape index (κ3) is 6.38. The van der Waals surface area contributed by atoms with E-state index < -0.39 is 35.0 Å². The zero-order chi connectivity index (χ0) is 22.6. The molecule has 0 radical (unpaired) electrons. The molecule has 170 valence electrons. The summed E-state index contributed by atoms with van der Waals surface area (Å²) in [5, 5.41) is 4.37. The van der Waals surface area contributed by atoms with Gasteiger partial charge >= 0.3 is 12.1 Å². The van der Waals surface area contributed by atoms with E-state index in [1.54, 1.807) is 0 Å². The molecule has 2 N–H and O–H groups in total. The van der Waals surface area contributed by atoms with Crippen LogP contribution in [0.2, 0.25) is 0 Å². The number of alkyl halides is 3. The number of hydrogen-bond donors (Lipinski definition) is 2. The van der Waals surface area contributed by atoms with Crippen LogP contribution in [-0.2, 0) is 25.3 Å². The van der Waals surface area contributed by atoms with Crippen LogP contribution in [0.25, 0.3) is 0 Å². The first kappa shape index (κ1) is 23.4. The largest absolute Gasteiger partial charge is 0.453 e. The molecule has 0 aromatic heterocycles. The zero-order valence-corrected chi connectivity index (χ0v) is 17.9. The van der Waals surface area contributed by atoms with Crippen molar-refractivity contribution in [1.29, 1.82) is 0 Å². The third-order valence-electron chi connectivity index (χ3n) is 5.45. The highest BCUT2D eigenvalue weighted by atomic mass is 32.2.